The maximum absolute atomic E-state index is 10.4. The number of sulfonamides is 1. The Morgan fingerprint density at radius 3 is 2.30 bits per heavy atom. The average molecular weight is 165 g/mol. The third kappa shape index (κ3) is 2.61. The molecule has 5 nitrogen and oxygen atoms in total. The van der Waals surface area contributed by atoms with E-state index in [9.17, 15) is 8.42 Å². The molecule has 1 aliphatic rings. The largest absolute Gasteiger partial charge is 0.235 e. The smallest absolute Gasteiger partial charge is 0.209 e. The molecule has 0 unspecified atom stereocenters. The van der Waals surface area contributed by atoms with Gasteiger partial charge in [-0.1, -0.05) is 0 Å². The zero-order chi connectivity index (χ0) is 7.83. The van der Waals surface area contributed by atoms with Crippen molar-refractivity contribution in [2.75, 3.05) is 5.75 Å². The zero-order valence-electron chi connectivity index (χ0n) is 5.72. The topological polar surface area (TPSA) is 104 Å². The summed E-state index contributed by atoms with van der Waals surface area (Å²) in [7, 11) is -3.30. The Morgan fingerprint density at radius 2 is 2.00 bits per heavy atom. The van der Waals surface area contributed by atoms with E-state index in [1.807, 2.05) is 6.92 Å². The van der Waals surface area contributed by atoms with Crippen LogP contribution in [0.1, 0.15) is 13.3 Å². The zero-order valence-corrected chi connectivity index (χ0v) is 6.53. The van der Waals surface area contributed by atoms with Gasteiger partial charge in [0, 0.05) is 0 Å². The van der Waals surface area contributed by atoms with Crippen molar-refractivity contribution in [1.29, 1.82) is 0 Å². The summed E-state index contributed by atoms with van der Waals surface area (Å²) >= 11 is 0. The van der Waals surface area contributed by atoms with E-state index in [1.54, 1.807) is 0 Å². The summed E-state index contributed by atoms with van der Waals surface area (Å²) in [6, 6.07) is 0. The van der Waals surface area contributed by atoms with Crippen LogP contribution in [0.2, 0.25) is 0 Å². The lowest BCUT2D eigenvalue weighted by molar-refractivity contribution is 0.580. The van der Waals surface area contributed by atoms with Gasteiger partial charge < -0.3 is 0 Å². The van der Waals surface area contributed by atoms with E-state index in [2.05, 4.69) is 10.9 Å². The molecule has 1 aliphatic heterocycles. The van der Waals surface area contributed by atoms with Crippen LogP contribution in [0.4, 0.5) is 0 Å². The second-order valence-corrected chi connectivity index (χ2v) is 4.43. The summed E-state index contributed by atoms with van der Waals surface area (Å²) in [5.41, 5.74) is 5.42. The molecule has 0 radical (unpaired) electrons. The molecule has 0 aromatic heterocycles. The lowest BCUT2D eigenvalue weighted by Crippen LogP contribution is -2.23. The van der Waals surface area contributed by atoms with Gasteiger partial charge in [0.1, 0.15) is 0 Å². The molecule has 0 saturated carbocycles. The Kier molecular flexibility index (Phi) is 1.71. The van der Waals surface area contributed by atoms with Crippen LogP contribution >= 0.6 is 0 Å². The van der Waals surface area contributed by atoms with Gasteiger partial charge in [-0.15, -0.1) is 0 Å². The van der Waals surface area contributed by atoms with E-state index in [-0.39, 0.29) is 11.4 Å². The Balaban J connectivity index is 2.30. The van der Waals surface area contributed by atoms with Crippen LogP contribution in [0.3, 0.4) is 0 Å². The number of rotatable bonds is 3. The predicted molar refractivity (Wildman–Crippen MR) is 37.3 cm³/mol. The summed E-state index contributed by atoms with van der Waals surface area (Å²) in [5.74, 6) is 0.0174. The fourth-order valence-corrected chi connectivity index (χ4v) is 1.27. The molecule has 1 rings (SSSR count). The lowest BCUT2D eigenvalue weighted by atomic mass is 10.2. The number of hydrogen-bond acceptors (Lipinski definition) is 4. The molecule has 1 heterocycles. The first-order valence-corrected chi connectivity index (χ1v) is 4.68. The van der Waals surface area contributed by atoms with Crippen molar-refractivity contribution in [2.45, 2.75) is 19.0 Å². The van der Waals surface area contributed by atoms with Crippen molar-refractivity contribution in [1.82, 2.24) is 10.9 Å². The van der Waals surface area contributed by atoms with Crippen LogP contribution < -0.4 is 16.0 Å². The second kappa shape index (κ2) is 2.16. The summed E-state index contributed by atoms with van der Waals surface area (Å²) in [4.78, 5) is 0. The average Bonchev–Trinajstić information content (AvgIpc) is 2.43. The Labute approximate surface area is 60.0 Å². The molecular weight excluding hydrogens is 154 g/mol. The summed E-state index contributed by atoms with van der Waals surface area (Å²) < 4.78 is 20.9. The fourth-order valence-electron chi connectivity index (χ4n) is 0.578. The van der Waals surface area contributed by atoms with Crippen molar-refractivity contribution < 1.29 is 8.42 Å². The van der Waals surface area contributed by atoms with Crippen molar-refractivity contribution >= 4 is 10.0 Å². The number of hydrogen-bond donors (Lipinski definition) is 3. The van der Waals surface area contributed by atoms with Crippen molar-refractivity contribution in [2.24, 2.45) is 5.14 Å². The molecule has 1 fully saturated rings. The highest BCUT2D eigenvalue weighted by Crippen LogP contribution is 2.13. The predicted octanol–water partition coefficient (Wildman–Crippen LogP) is -1.51. The number of primary sulfonamides is 1. The van der Waals surface area contributed by atoms with Crippen LogP contribution in [0, 0.1) is 0 Å². The lowest BCUT2D eigenvalue weighted by Gasteiger charge is -2.01. The highest BCUT2D eigenvalue weighted by Gasteiger charge is 2.36. The molecule has 1 saturated heterocycles. The molecule has 10 heavy (non-hydrogen) atoms. The van der Waals surface area contributed by atoms with Crippen LogP contribution in [-0.4, -0.2) is 19.8 Å². The van der Waals surface area contributed by atoms with Gasteiger partial charge in [0.05, 0.1) is 11.4 Å². The molecule has 4 N–H and O–H groups in total. The van der Waals surface area contributed by atoms with Crippen LogP contribution in [0.25, 0.3) is 0 Å². The third-order valence-corrected chi connectivity index (χ3v) is 2.21. The first-order valence-electron chi connectivity index (χ1n) is 2.96. The van der Waals surface area contributed by atoms with Crippen molar-refractivity contribution in [3.8, 4) is 0 Å². The van der Waals surface area contributed by atoms with E-state index < -0.39 is 10.0 Å². The van der Waals surface area contributed by atoms with Crippen molar-refractivity contribution in [3.05, 3.63) is 0 Å². The number of nitrogens with one attached hydrogen (secondary N) is 2. The number of hydrazine groups is 1. The van der Waals surface area contributed by atoms with Gasteiger partial charge in [-0.25, -0.2) is 24.4 Å². The summed E-state index contributed by atoms with van der Waals surface area (Å²) in [5, 5.41) is 4.79. The third-order valence-electron chi connectivity index (χ3n) is 1.44. The monoisotopic (exact) mass is 165 g/mol. The highest BCUT2D eigenvalue weighted by atomic mass is 32.2. The quantitative estimate of drug-likeness (QED) is 0.442. The normalized spacial score (nSPS) is 22.6. The van der Waals surface area contributed by atoms with Crippen LogP contribution in [0.5, 0.6) is 0 Å². The van der Waals surface area contributed by atoms with Gasteiger partial charge in [-0.3, -0.25) is 0 Å². The standard InChI is InChI=1S/C4H11N3O2S/c1-4(6-7-4)2-3-10(5,8)9/h6-7H,2-3H2,1H3,(H2,5,8,9). The van der Waals surface area contributed by atoms with Gasteiger partial charge >= 0.3 is 0 Å². The Hall–Kier alpha value is -0.170. The SMILES string of the molecule is CC1(CCS(N)(=O)=O)NN1. The van der Waals surface area contributed by atoms with E-state index in [0.29, 0.717) is 6.42 Å². The first kappa shape index (κ1) is 7.93. The molecular formula is C4H11N3O2S. The maximum atomic E-state index is 10.4. The molecule has 0 aromatic carbocycles. The molecule has 0 spiro atoms. The molecule has 6 heteroatoms. The molecule has 0 amide bonds. The molecule has 0 bridgehead atoms. The van der Waals surface area contributed by atoms with Gasteiger partial charge in [-0.2, -0.15) is 0 Å². The minimum Gasteiger partial charge on any atom is -0.235 e. The van der Waals surface area contributed by atoms with E-state index in [0.717, 1.165) is 0 Å². The van der Waals surface area contributed by atoms with E-state index >= 15 is 0 Å². The highest BCUT2D eigenvalue weighted by molar-refractivity contribution is 7.89. The Morgan fingerprint density at radius 1 is 1.50 bits per heavy atom. The van der Waals surface area contributed by atoms with E-state index in [1.165, 1.54) is 0 Å². The number of nitrogens with two attached hydrogens (primary N) is 1. The van der Waals surface area contributed by atoms with Crippen LogP contribution in [-0.2, 0) is 10.0 Å². The van der Waals surface area contributed by atoms with E-state index in [4.69, 9.17) is 5.14 Å². The van der Waals surface area contributed by atoms with Gasteiger partial charge in [-0.05, 0) is 13.3 Å². The van der Waals surface area contributed by atoms with Gasteiger partial charge in [0.25, 0.3) is 0 Å². The molecule has 60 valence electrons. The molecule has 0 aliphatic carbocycles. The second-order valence-electron chi connectivity index (χ2n) is 2.70. The Bertz CT molecular complexity index is 219. The maximum Gasteiger partial charge on any atom is 0.209 e. The molecule has 0 atom stereocenters. The van der Waals surface area contributed by atoms with Crippen LogP contribution in [0.15, 0.2) is 0 Å². The summed E-state index contributed by atoms with van der Waals surface area (Å²) in [6.45, 7) is 1.87. The first-order chi connectivity index (χ1) is 4.41. The fraction of sp³-hybridized carbons (Fsp3) is 1.00. The minimum absolute atomic E-state index is 0.0174. The minimum atomic E-state index is -3.30. The van der Waals surface area contributed by atoms with Crippen molar-refractivity contribution in [3.63, 3.8) is 0 Å². The molecule has 0 aromatic rings. The van der Waals surface area contributed by atoms with Gasteiger partial charge in [0.15, 0.2) is 0 Å². The van der Waals surface area contributed by atoms with Gasteiger partial charge in [0.2, 0.25) is 10.0 Å². The summed E-state index contributed by atoms with van der Waals surface area (Å²) in [6.07, 6.45) is 0.506.